The van der Waals surface area contributed by atoms with Gasteiger partial charge in [-0.25, -0.2) is 0 Å². The average Bonchev–Trinajstić information content (AvgIpc) is 3.11. The topological polar surface area (TPSA) is 96.2 Å². The molecule has 3 rings (SSSR count). The van der Waals surface area contributed by atoms with Gasteiger partial charge < -0.3 is 20.1 Å². The molecule has 2 aromatic heterocycles. The van der Waals surface area contributed by atoms with Gasteiger partial charge >= 0.3 is 0 Å². The lowest BCUT2D eigenvalue weighted by atomic mass is 10.2. The molecule has 0 saturated carbocycles. The van der Waals surface area contributed by atoms with Gasteiger partial charge in [0.05, 0.1) is 18.1 Å². The van der Waals surface area contributed by atoms with Crippen molar-refractivity contribution in [1.82, 2.24) is 15.4 Å². The highest BCUT2D eigenvalue weighted by molar-refractivity contribution is 6.02. The minimum atomic E-state index is -0.349. The molecule has 0 aliphatic heterocycles. The van der Waals surface area contributed by atoms with Gasteiger partial charge in [-0.2, -0.15) is 5.10 Å². The summed E-state index contributed by atoms with van der Waals surface area (Å²) in [6.07, 6.45) is 3.11. The predicted molar refractivity (Wildman–Crippen MR) is 90.5 cm³/mol. The smallest absolute Gasteiger partial charge is 0.294 e. The largest absolute Gasteiger partial charge is 0.376 e. The van der Waals surface area contributed by atoms with Crippen LogP contribution in [-0.4, -0.2) is 35.4 Å². The Morgan fingerprint density at radius 2 is 1.88 bits per heavy atom. The number of hydrogen-bond acceptors (Lipinski definition) is 7. The zero-order valence-electron chi connectivity index (χ0n) is 13.2. The quantitative estimate of drug-likeness (QED) is 0.744. The van der Waals surface area contributed by atoms with Gasteiger partial charge in [-0.15, -0.1) is 5.10 Å². The minimum absolute atomic E-state index is 0.160. The third-order valence-electron chi connectivity index (χ3n) is 3.23. The Bertz CT molecular complexity index is 815. The van der Waals surface area contributed by atoms with Gasteiger partial charge in [0.2, 0.25) is 5.76 Å². The molecule has 0 aliphatic carbocycles. The van der Waals surface area contributed by atoms with Crippen LogP contribution in [0.25, 0.3) is 0 Å². The lowest BCUT2D eigenvalue weighted by Gasteiger charge is -2.13. The van der Waals surface area contributed by atoms with Crippen molar-refractivity contribution in [1.29, 1.82) is 0 Å². The van der Waals surface area contributed by atoms with E-state index in [1.54, 1.807) is 18.3 Å². The van der Waals surface area contributed by atoms with Gasteiger partial charge in [-0.1, -0.05) is 5.16 Å². The lowest BCUT2D eigenvalue weighted by molar-refractivity contribution is 0.0988. The maximum atomic E-state index is 11.9. The summed E-state index contributed by atoms with van der Waals surface area (Å²) in [6, 6.07) is 10.6. The molecular weight excluding hydrogens is 308 g/mol. The molecule has 0 radical (unpaired) electrons. The molecule has 1 amide bonds. The average molecular weight is 324 g/mol. The first kappa shape index (κ1) is 15.5. The van der Waals surface area contributed by atoms with Crippen LogP contribution in [0.5, 0.6) is 0 Å². The second kappa shape index (κ2) is 6.78. The normalized spacial score (nSPS) is 10.2. The van der Waals surface area contributed by atoms with Gasteiger partial charge in [0.15, 0.2) is 5.82 Å². The summed E-state index contributed by atoms with van der Waals surface area (Å²) < 4.78 is 4.81. The van der Waals surface area contributed by atoms with E-state index >= 15 is 0 Å². The molecule has 8 nitrogen and oxygen atoms in total. The Balaban J connectivity index is 1.66. The number of aromatic nitrogens is 3. The molecule has 0 aliphatic rings. The number of nitrogens with one attached hydrogen (secondary N) is 2. The van der Waals surface area contributed by atoms with Crippen LogP contribution in [0.15, 0.2) is 53.3 Å². The van der Waals surface area contributed by atoms with E-state index in [9.17, 15) is 4.79 Å². The molecule has 1 aromatic carbocycles. The fourth-order valence-electron chi connectivity index (χ4n) is 1.97. The van der Waals surface area contributed by atoms with Crippen LogP contribution in [0.4, 0.5) is 22.9 Å². The molecule has 0 fully saturated rings. The van der Waals surface area contributed by atoms with Gasteiger partial charge in [0, 0.05) is 37.6 Å². The highest BCUT2D eigenvalue weighted by Gasteiger charge is 2.09. The number of hydrogen-bond donors (Lipinski definition) is 2. The molecule has 2 heterocycles. The van der Waals surface area contributed by atoms with E-state index in [2.05, 4.69) is 26.0 Å². The van der Waals surface area contributed by atoms with Gasteiger partial charge in [0.25, 0.3) is 5.91 Å². The van der Waals surface area contributed by atoms with Gasteiger partial charge in [-0.3, -0.25) is 4.79 Å². The molecule has 3 aromatic rings. The van der Waals surface area contributed by atoms with E-state index in [-0.39, 0.29) is 11.7 Å². The monoisotopic (exact) mass is 324 g/mol. The number of nitrogens with zero attached hydrogens (tertiary/aromatic N) is 4. The molecule has 0 spiro atoms. The first-order chi connectivity index (χ1) is 11.6. The minimum Gasteiger partial charge on any atom is -0.376 e. The van der Waals surface area contributed by atoms with Crippen LogP contribution in [0, 0.1) is 0 Å². The van der Waals surface area contributed by atoms with Crippen LogP contribution in [0.1, 0.15) is 10.6 Å². The Morgan fingerprint density at radius 3 is 2.54 bits per heavy atom. The predicted octanol–water partition coefficient (Wildman–Crippen LogP) is 2.53. The van der Waals surface area contributed by atoms with Crippen molar-refractivity contribution in [3.8, 4) is 0 Å². The molecule has 24 heavy (non-hydrogen) atoms. The fourth-order valence-corrected chi connectivity index (χ4v) is 1.97. The van der Waals surface area contributed by atoms with Crippen molar-refractivity contribution >= 4 is 28.8 Å². The van der Waals surface area contributed by atoms with Crippen molar-refractivity contribution in [3.05, 3.63) is 54.6 Å². The number of carbonyl (C=O) groups is 1. The van der Waals surface area contributed by atoms with Crippen molar-refractivity contribution in [2.24, 2.45) is 0 Å². The van der Waals surface area contributed by atoms with Crippen molar-refractivity contribution in [2.45, 2.75) is 0 Å². The Hall–Kier alpha value is -3.42. The maximum absolute atomic E-state index is 11.9. The highest BCUT2D eigenvalue weighted by atomic mass is 16.5. The van der Waals surface area contributed by atoms with E-state index in [1.807, 2.05) is 37.2 Å². The molecule has 0 saturated heterocycles. The van der Waals surface area contributed by atoms with Crippen LogP contribution < -0.4 is 15.5 Å². The van der Waals surface area contributed by atoms with Crippen LogP contribution in [-0.2, 0) is 0 Å². The van der Waals surface area contributed by atoms with Crippen LogP contribution >= 0.6 is 0 Å². The lowest BCUT2D eigenvalue weighted by Crippen LogP contribution is -2.11. The zero-order chi connectivity index (χ0) is 16.9. The van der Waals surface area contributed by atoms with E-state index in [4.69, 9.17) is 4.52 Å². The number of benzene rings is 1. The Kier molecular flexibility index (Phi) is 4.37. The Labute approximate surface area is 138 Å². The third-order valence-corrected chi connectivity index (χ3v) is 3.23. The third kappa shape index (κ3) is 3.67. The standard InChI is InChI=1S/C16H16N6O2/c1-22(2)13-9-15(21-17-10-13)19-11-3-5-12(6-4-11)20-16(23)14-7-8-18-24-14/h3-10H,1-2H3,(H,19,21)(H,20,23). The van der Waals surface area contributed by atoms with E-state index in [1.165, 1.54) is 12.3 Å². The summed E-state index contributed by atoms with van der Waals surface area (Å²) in [5.41, 5.74) is 2.43. The summed E-state index contributed by atoms with van der Waals surface area (Å²) in [6.45, 7) is 0. The van der Waals surface area contributed by atoms with Gasteiger partial charge in [0.1, 0.15) is 0 Å². The molecule has 0 bridgehead atoms. The van der Waals surface area contributed by atoms with E-state index in [0.29, 0.717) is 11.5 Å². The second-order valence-electron chi connectivity index (χ2n) is 5.23. The fraction of sp³-hybridized carbons (Fsp3) is 0.125. The summed E-state index contributed by atoms with van der Waals surface area (Å²) >= 11 is 0. The molecule has 0 atom stereocenters. The van der Waals surface area contributed by atoms with Crippen molar-refractivity contribution in [3.63, 3.8) is 0 Å². The Morgan fingerprint density at radius 1 is 1.12 bits per heavy atom. The zero-order valence-corrected chi connectivity index (χ0v) is 13.2. The van der Waals surface area contributed by atoms with E-state index in [0.717, 1.165) is 11.4 Å². The molecule has 0 unspecified atom stereocenters. The summed E-state index contributed by atoms with van der Waals surface area (Å²) in [7, 11) is 3.87. The maximum Gasteiger partial charge on any atom is 0.294 e. The summed E-state index contributed by atoms with van der Waals surface area (Å²) in [4.78, 5) is 13.8. The molecule has 2 N–H and O–H groups in total. The summed E-state index contributed by atoms with van der Waals surface area (Å²) in [5, 5.41) is 17.4. The second-order valence-corrected chi connectivity index (χ2v) is 5.23. The van der Waals surface area contributed by atoms with Crippen LogP contribution in [0.3, 0.4) is 0 Å². The van der Waals surface area contributed by atoms with E-state index < -0.39 is 0 Å². The molecule has 8 heteroatoms. The van der Waals surface area contributed by atoms with Crippen LogP contribution in [0.2, 0.25) is 0 Å². The SMILES string of the molecule is CN(C)c1cnnc(Nc2ccc(NC(=O)c3ccno3)cc2)c1. The molecular formula is C16H16N6O2. The summed E-state index contributed by atoms with van der Waals surface area (Å²) in [5.74, 6) is 0.449. The first-order valence-corrected chi connectivity index (χ1v) is 7.21. The number of anilines is 4. The molecule has 122 valence electrons. The van der Waals surface area contributed by atoms with Crippen molar-refractivity contribution < 1.29 is 9.32 Å². The number of rotatable bonds is 5. The first-order valence-electron chi connectivity index (χ1n) is 7.21. The number of amides is 1. The van der Waals surface area contributed by atoms with Gasteiger partial charge in [-0.05, 0) is 24.3 Å². The van der Waals surface area contributed by atoms with Crippen molar-refractivity contribution in [2.75, 3.05) is 29.6 Å². The highest BCUT2D eigenvalue weighted by Crippen LogP contribution is 2.20. The number of carbonyl (C=O) groups excluding carboxylic acids is 1.